The average molecular weight is 213 g/mol. The molecule has 0 heterocycles. The van der Waals surface area contributed by atoms with Crippen LogP contribution >= 0.6 is 0 Å². The number of hydrogen-bond acceptors (Lipinski definition) is 2. The van der Waals surface area contributed by atoms with Crippen LogP contribution in [0.25, 0.3) is 0 Å². The first kappa shape index (κ1) is 13.2. The lowest BCUT2D eigenvalue weighted by atomic mass is 10.1. The Labute approximate surface area is 80.6 Å². The third kappa shape index (κ3) is 5.06. The highest BCUT2D eigenvalue weighted by atomic mass is 19.4. The minimum absolute atomic E-state index is 0.422. The van der Waals surface area contributed by atoms with Gasteiger partial charge < -0.3 is 10.1 Å². The molecule has 84 valence electrons. The number of halogens is 3. The lowest BCUT2D eigenvalue weighted by Gasteiger charge is -2.21. The van der Waals surface area contributed by atoms with Crippen molar-refractivity contribution in [2.24, 2.45) is 0 Å². The third-order valence-corrected chi connectivity index (χ3v) is 1.75. The van der Waals surface area contributed by atoms with Crippen molar-refractivity contribution in [3.05, 3.63) is 0 Å². The van der Waals surface area contributed by atoms with Crippen LogP contribution in [0.5, 0.6) is 0 Å². The molecule has 14 heavy (non-hydrogen) atoms. The largest absolute Gasteiger partial charge is 0.390 e. The number of amides is 1. The maximum Gasteiger partial charge on any atom is 0.390 e. The zero-order valence-corrected chi connectivity index (χ0v) is 8.36. The molecule has 0 radical (unpaired) electrons. The van der Waals surface area contributed by atoms with E-state index in [-0.39, 0.29) is 0 Å². The van der Waals surface area contributed by atoms with Gasteiger partial charge in [-0.2, -0.15) is 13.2 Å². The number of nitrogens with one attached hydrogen (secondary N) is 1. The summed E-state index contributed by atoms with van der Waals surface area (Å²) < 4.78 is 39.9. The van der Waals surface area contributed by atoms with Gasteiger partial charge in [0.05, 0.1) is 6.42 Å². The van der Waals surface area contributed by atoms with Crippen LogP contribution in [0.3, 0.4) is 0 Å². The maximum absolute atomic E-state index is 11.7. The Morgan fingerprint density at radius 1 is 1.36 bits per heavy atom. The summed E-state index contributed by atoms with van der Waals surface area (Å²) >= 11 is 0. The minimum Gasteiger partial charge on any atom is -0.369 e. The number of alkyl halides is 3. The first-order valence-corrected chi connectivity index (χ1v) is 4.09. The smallest absolute Gasteiger partial charge is 0.369 e. The summed E-state index contributed by atoms with van der Waals surface area (Å²) in [7, 11) is 1.32. The fourth-order valence-corrected chi connectivity index (χ4v) is 0.623. The molecule has 6 heteroatoms. The van der Waals surface area contributed by atoms with Gasteiger partial charge in [-0.1, -0.05) is 0 Å². The molecule has 0 saturated heterocycles. The molecule has 0 aromatic heterocycles. The van der Waals surface area contributed by atoms with Gasteiger partial charge in [-0.15, -0.1) is 0 Å². The Morgan fingerprint density at radius 2 is 1.86 bits per heavy atom. The lowest BCUT2D eigenvalue weighted by Crippen LogP contribution is -2.44. The van der Waals surface area contributed by atoms with Crippen molar-refractivity contribution in [3.8, 4) is 0 Å². The molecular formula is C8H14F3NO2. The second-order valence-corrected chi connectivity index (χ2v) is 3.34. The highest BCUT2D eigenvalue weighted by molar-refractivity contribution is 5.84. The van der Waals surface area contributed by atoms with Crippen LogP contribution < -0.4 is 5.32 Å². The molecule has 0 aliphatic carbocycles. The van der Waals surface area contributed by atoms with Crippen molar-refractivity contribution in [2.75, 3.05) is 13.7 Å². The topological polar surface area (TPSA) is 38.3 Å². The van der Waals surface area contributed by atoms with Gasteiger partial charge in [0.2, 0.25) is 0 Å². The Morgan fingerprint density at radius 3 is 2.21 bits per heavy atom. The summed E-state index contributed by atoms with van der Waals surface area (Å²) in [5.41, 5.74) is -1.09. The van der Waals surface area contributed by atoms with Crippen molar-refractivity contribution in [1.82, 2.24) is 5.32 Å². The van der Waals surface area contributed by atoms with Gasteiger partial charge in [-0.3, -0.25) is 4.79 Å². The van der Waals surface area contributed by atoms with Crippen LogP contribution in [0.15, 0.2) is 0 Å². The van der Waals surface area contributed by atoms with Crippen molar-refractivity contribution < 1.29 is 22.7 Å². The van der Waals surface area contributed by atoms with Crippen LogP contribution in [-0.4, -0.2) is 31.3 Å². The summed E-state index contributed by atoms with van der Waals surface area (Å²) in [5, 5.41) is 2.15. The van der Waals surface area contributed by atoms with Crippen LogP contribution in [0.2, 0.25) is 0 Å². The maximum atomic E-state index is 11.7. The zero-order chi connectivity index (χ0) is 11.4. The van der Waals surface area contributed by atoms with E-state index in [1.165, 1.54) is 21.0 Å². The van der Waals surface area contributed by atoms with Crippen molar-refractivity contribution in [1.29, 1.82) is 0 Å². The van der Waals surface area contributed by atoms with E-state index in [4.69, 9.17) is 4.74 Å². The normalized spacial score (nSPS) is 12.7. The standard InChI is InChI=1S/C8H14F3NO2/c1-7(2,14-3)6(13)12-5-4-8(9,10)11/h4-5H2,1-3H3,(H,12,13). The molecule has 0 fully saturated rings. The van der Waals surface area contributed by atoms with Gasteiger partial charge in [-0.05, 0) is 13.8 Å². The molecule has 0 spiro atoms. The van der Waals surface area contributed by atoms with Gasteiger partial charge in [0.1, 0.15) is 5.60 Å². The van der Waals surface area contributed by atoms with Gasteiger partial charge in [0.25, 0.3) is 5.91 Å². The van der Waals surface area contributed by atoms with Gasteiger partial charge in [-0.25, -0.2) is 0 Å². The van der Waals surface area contributed by atoms with Crippen LogP contribution in [0.1, 0.15) is 20.3 Å². The monoisotopic (exact) mass is 213 g/mol. The Hall–Kier alpha value is -0.780. The van der Waals surface area contributed by atoms with E-state index >= 15 is 0 Å². The molecule has 0 bridgehead atoms. The Kier molecular flexibility index (Phi) is 4.38. The summed E-state index contributed by atoms with van der Waals surface area (Å²) in [5.74, 6) is -0.552. The summed E-state index contributed by atoms with van der Waals surface area (Å²) in [6.45, 7) is 2.54. The van der Waals surface area contributed by atoms with Crippen LogP contribution in [0, 0.1) is 0 Å². The molecule has 0 aliphatic heterocycles. The predicted octanol–water partition coefficient (Wildman–Crippen LogP) is 1.48. The first-order valence-electron chi connectivity index (χ1n) is 4.09. The zero-order valence-electron chi connectivity index (χ0n) is 8.36. The van der Waals surface area contributed by atoms with E-state index < -0.39 is 30.7 Å². The Bertz CT molecular complexity index is 201. The molecule has 3 nitrogen and oxygen atoms in total. The van der Waals surface area contributed by atoms with Gasteiger partial charge in [0, 0.05) is 13.7 Å². The molecular weight excluding hydrogens is 199 g/mol. The number of methoxy groups -OCH3 is 1. The number of rotatable bonds is 4. The minimum atomic E-state index is -4.25. The highest BCUT2D eigenvalue weighted by Gasteiger charge is 2.30. The lowest BCUT2D eigenvalue weighted by molar-refractivity contribution is -0.144. The number of carbonyl (C=O) groups is 1. The van der Waals surface area contributed by atoms with Crippen molar-refractivity contribution in [3.63, 3.8) is 0 Å². The third-order valence-electron chi connectivity index (χ3n) is 1.75. The van der Waals surface area contributed by atoms with Crippen LogP contribution in [0.4, 0.5) is 13.2 Å². The summed E-state index contributed by atoms with van der Waals surface area (Å²) in [4.78, 5) is 11.2. The van der Waals surface area contributed by atoms with Gasteiger partial charge in [0.15, 0.2) is 0 Å². The summed E-state index contributed by atoms with van der Waals surface area (Å²) in [6, 6.07) is 0. The highest BCUT2D eigenvalue weighted by Crippen LogP contribution is 2.18. The molecule has 0 aromatic carbocycles. The average Bonchev–Trinajstić information content (AvgIpc) is 2.02. The van der Waals surface area contributed by atoms with E-state index in [0.717, 1.165) is 0 Å². The molecule has 1 amide bonds. The van der Waals surface area contributed by atoms with Crippen molar-refractivity contribution >= 4 is 5.91 Å². The van der Waals surface area contributed by atoms with Gasteiger partial charge >= 0.3 is 6.18 Å². The first-order chi connectivity index (χ1) is 6.19. The molecule has 0 rings (SSSR count). The number of carbonyl (C=O) groups excluding carboxylic acids is 1. The van der Waals surface area contributed by atoms with Crippen molar-refractivity contribution in [2.45, 2.75) is 32.0 Å². The molecule has 0 aliphatic rings. The van der Waals surface area contributed by atoms with E-state index in [9.17, 15) is 18.0 Å². The SMILES string of the molecule is COC(C)(C)C(=O)NCCC(F)(F)F. The Balaban J connectivity index is 3.87. The predicted molar refractivity (Wildman–Crippen MR) is 44.8 cm³/mol. The van der Waals surface area contributed by atoms with Crippen LogP contribution in [-0.2, 0) is 9.53 Å². The number of hydrogen-bond donors (Lipinski definition) is 1. The van der Waals surface area contributed by atoms with E-state index in [2.05, 4.69) is 5.32 Å². The molecule has 1 N–H and O–H groups in total. The second-order valence-electron chi connectivity index (χ2n) is 3.34. The molecule has 0 atom stereocenters. The van der Waals surface area contributed by atoms with E-state index in [1.807, 2.05) is 0 Å². The molecule has 0 saturated carbocycles. The fourth-order valence-electron chi connectivity index (χ4n) is 0.623. The van der Waals surface area contributed by atoms with E-state index in [0.29, 0.717) is 0 Å². The fraction of sp³-hybridized carbons (Fsp3) is 0.875. The summed E-state index contributed by atoms with van der Waals surface area (Å²) in [6.07, 6.45) is -5.27. The molecule has 0 unspecified atom stereocenters. The number of ether oxygens (including phenoxy) is 1. The molecule has 0 aromatic rings. The van der Waals surface area contributed by atoms with E-state index in [1.54, 1.807) is 0 Å². The second kappa shape index (κ2) is 4.63. The quantitative estimate of drug-likeness (QED) is 0.768.